The minimum atomic E-state index is 0.721. The molecular weight excluding hydrogens is 216 g/mol. The molecule has 3 atom stereocenters. The highest BCUT2D eigenvalue weighted by Crippen LogP contribution is 2.42. The third-order valence-electron chi connectivity index (χ3n) is 4.34. The van der Waals surface area contributed by atoms with E-state index in [1.165, 1.54) is 43.6 Å². The zero-order valence-corrected chi connectivity index (χ0v) is 10.7. The molecule has 0 radical (unpaired) electrons. The van der Waals surface area contributed by atoms with Crippen molar-refractivity contribution in [2.24, 2.45) is 11.8 Å². The van der Waals surface area contributed by atoms with Gasteiger partial charge in [-0.25, -0.2) is 0 Å². The van der Waals surface area contributed by atoms with E-state index in [4.69, 9.17) is 12.2 Å². The van der Waals surface area contributed by atoms with Crippen LogP contribution in [-0.2, 0) is 0 Å². The highest BCUT2D eigenvalue weighted by atomic mass is 32.1. The van der Waals surface area contributed by atoms with Crippen LogP contribution in [0.15, 0.2) is 11.4 Å². The lowest BCUT2D eigenvalue weighted by Crippen LogP contribution is -2.47. The van der Waals surface area contributed by atoms with Crippen LogP contribution in [0.4, 0.5) is 0 Å². The summed E-state index contributed by atoms with van der Waals surface area (Å²) in [6, 6.07) is 0.744. The van der Waals surface area contributed by atoms with Gasteiger partial charge in [-0.3, -0.25) is 0 Å². The Morgan fingerprint density at radius 2 is 2.19 bits per heavy atom. The van der Waals surface area contributed by atoms with Gasteiger partial charge in [0.2, 0.25) is 0 Å². The third kappa shape index (κ3) is 1.48. The van der Waals surface area contributed by atoms with Crippen LogP contribution in [0.5, 0.6) is 0 Å². The molecule has 0 amide bonds. The maximum atomic E-state index is 5.23. The van der Waals surface area contributed by atoms with Gasteiger partial charge in [0.1, 0.15) is 5.82 Å². The maximum Gasteiger partial charge on any atom is 0.106 e. The topological polar surface area (TPSA) is 15.3 Å². The SMILES string of the molecule is C[C@H]1CNC2=C(C=S)[C@@H]3CCCC[C@@H]3N2C1. The fraction of sp³-hybridized carbons (Fsp3) is 0.769. The zero-order chi connectivity index (χ0) is 11.1. The second kappa shape index (κ2) is 4.02. The number of hydrogen-bond donors (Lipinski definition) is 1. The summed E-state index contributed by atoms with van der Waals surface area (Å²) in [6.07, 6.45) is 5.47. The predicted molar refractivity (Wildman–Crippen MR) is 70.3 cm³/mol. The summed E-state index contributed by atoms with van der Waals surface area (Å²) < 4.78 is 0. The summed E-state index contributed by atoms with van der Waals surface area (Å²) in [6.45, 7) is 4.66. The Morgan fingerprint density at radius 3 is 3.00 bits per heavy atom. The van der Waals surface area contributed by atoms with Gasteiger partial charge in [0, 0.05) is 36.0 Å². The first-order valence-electron chi connectivity index (χ1n) is 6.51. The quantitative estimate of drug-likeness (QED) is 0.703. The predicted octanol–water partition coefficient (Wildman–Crippen LogP) is 2.31. The van der Waals surface area contributed by atoms with Crippen LogP contribution in [0.25, 0.3) is 0 Å². The number of fused-ring (bicyclic) bond motifs is 3. The molecule has 1 N–H and O–H groups in total. The third-order valence-corrected chi connectivity index (χ3v) is 4.60. The first-order chi connectivity index (χ1) is 7.81. The first kappa shape index (κ1) is 10.6. The molecule has 1 saturated heterocycles. The van der Waals surface area contributed by atoms with Gasteiger partial charge in [0.05, 0.1) is 0 Å². The highest BCUT2D eigenvalue weighted by molar-refractivity contribution is 7.79. The van der Waals surface area contributed by atoms with Gasteiger partial charge in [-0.05, 0) is 18.8 Å². The fourth-order valence-corrected chi connectivity index (χ4v) is 3.89. The van der Waals surface area contributed by atoms with Crippen molar-refractivity contribution in [2.75, 3.05) is 13.1 Å². The van der Waals surface area contributed by atoms with Gasteiger partial charge >= 0.3 is 0 Å². The number of hydrogen-bond acceptors (Lipinski definition) is 3. The van der Waals surface area contributed by atoms with Gasteiger partial charge in [-0.1, -0.05) is 32.0 Å². The Hall–Kier alpha value is -0.570. The molecule has 2 heterocycles. The molecule has 2 fully saturated rings. The van der Waals surface area contributed by atoms with Crippen LogP contribution in [0.2, 0.25) is 0 Å². The molecule has 88 valence electrons. The van der Waals surface area contributed by atoms with E-state index in [0.29, 0.717) is 0 Å². The fourth-order valence-electron chi connectivity index (χ4n) is 3.60. The molecule has 3 aliphatic rings. The second-order valence-electron chi connectivity index (χ2n) is 5.52. The Bertz CT molecular complexity index is 337. The monoisotopic (exact) mass is 236 g/mol. The summed E-state index contributed by atoms with van der Waals surface area (Å²) in [5.74, 6) is 2.85. The lowest BCUT2D eigenvalue weighted by molar-refractivity contribution is 0.143. The van der Waals surface area contributed by atoms with Crippen LogP contribution in [0.3, 0.4) is 0 Å². The molecule has 1 saturated carbocycles. The molecule has 0 spiro atoms. The normalized spacial score (nSPS) is 37.8. The maximum absolute atomic E-state index is 5.23. The van der Waals surface area contributed by atoms with E-state index in [1.807, 2.05) is 5.37 Å². The molecule has 3 heteroatoms. The van der Waals surface area contributed by atoms with Gasteiger partial charge in [0.25, 0.3) is 0 Å². The van der Waals surface area contributed by atoms with E-state index in [1.54, 1.807) is 0 Å². The minimum Gasteiger partial charge on any atom is -0.371 e. The van der Waals surface area contributed by atoms with Gasteiger partial charge in [0.15, 0.2) is 0 Å². The van der Waals surface area contributed by atoms with Crippen molar-refractivity contribution in [3.05, 3.63) is 11.4 Å². The number of rotatable bonds is 1. The number of thiocarbonyl (C=S) groups is 1. The molecule has 0 unspecified atom stereocenters. The van der Waals surface area contributed by atoms with E-state index in [0.717, 1.165) is 24.4 Å². The van der Waals surface area contributed by atoms with Crippen molar-refractivity contribution in [1.82, 2.24) is 10.2 Å². The van der Waals surface area contributed by atoms with Gasteiger partial charge in [-0.2, -0.15) is 0 Å². The molecule has 0 aromatic carbocycles. The van der Waals surface area contributed by atoms with Crippen LogP contribution in [-0.4, -0.2) is 29.4 Å². The van der Waals surface area contributed by atoms with Crippen molar-refractivity contribution in [1.29, 1.82) is 0 Å². The largest absolute Gasteiger partial charge is 0.371 e. The van der Waals surface area contributed by atoms with Crippen LogP contribution >= 0.6 is 12.2 Å². The standard InChI is InChI=1S/C13H20N2S/c1-9-6-14-13-11(8-16)10-4-2-3-5-12(10)15(13)7-9/h8-10,12,14H,2-7H2,1H3/t9-,10-,12-/m0/s1. The van der Waals surface area contributed by atoms with Crippen molar-refractivity contribution < 1.29 is 0 Å². The average molecular weight is 236 g/mol. The van der Waals surface area contributed by atoms with E-state index in [2.05, 4.69) is 17.1 Å². The average Bonchev–Trinajstić information content (AvgIpc) is 2.62. The lowest BCUT2D eigenvalue weighted by Gasteiger charge is -2.39. The minimum absolute atomic E-state index is 0.721. The second-order valence-corrected chi connectivity index (χ2v) is 5.75. The number of nitrogens with zero attached hydrogens (tertiary/aromatic N) is 1. The zero-order valence-electron chi connectivity index (χ0n) is 9.91. The summed E-state index contributed by atoms with van der Waals surface area (Å²) in [5, 5.41) is 5.53. The molecule has 0 bridgehead atoms. The Balaban J connectivity index is 1.94. The Kier molecular flexibility index (Phi) is 2.66. The molecule has 1 aliphatic carbocycles. The molecule has 3 rings (SSSR count). The molecular formula is C13H20N2S. The van der Waals surface area contributed by atoms with Crippen LogP contribution < -0.4 is 5.32 Å². The molecule has 0 aromatic rings. The van der Waals surface area contributed by atoms with E-state index in [9.17, 15) is 0 Å². The summed E-state index contributed by atoms with van der Waals surface area (Å²) in [7, 11) is 0. The Labute approximate surface area is 103 Å². The number of nitrogens with one attached hydrogen (secondary N) is 1. The summed E-state index contributed by atoms with van der Waals surface area (Å²) >= 11 is 5.23. The Morgan fingerprint density at radius 1 is 1.38 bits per heavy atom. The van der Waals surface area contributed by atoms with E-state index < -0.39 is 0 Å². The van der Waals surface area contributed by atoms with E-state index >= 15 is 0 Å². The van der Waals surface area contributed by atoms with Gasteiger partial charge in [-0.15, -0.1) is 0 Å². The van der Waals surface area contributed by atoms with Gasteiger partial charge < -0.3 is 10.2 Å². The highest BCUT2D eigenvalue weighted by Gasteiger charge is 2.42. The summed E-state index contributed by atoms with van der Waals surface area (Å²) in [4.78, 5) is 2.61. The van der Waals surface area contributed by atoms with Crippen molar-refractivity contribution in [2.45, 2.75) is 38.6 Å². The van der Waals surface area contributed by atoms with Crippen molar-refractivity contribution in [3.8, 4) is 0 Å². The van der Waals surface area contributed by atoms with Crippen LogP contribution in [0.1, 0.15) is 32.6 Å². The van der Waals surface area contributed by atoms with Crippen LogP contribution in [0, 0.1) is 11.8 Å². The first-order valence-corrected chi connectivity index (χ1v) is 6.98. The lowest BCUT2D eigenvalue weighted by atomic mass is 9.82. The van der Waals surface area contributed by atoms with Crippen molar-refractivity contribution >= 4 is 17.6 Å². The van der Waals surface area contributed by atoms with E-state index in [-0.39, 0.29) is 0 Å². The summed E-state index contributed by atoms with van der Waals surface area (Å²) in [5.41, 5.74) is 1.42. The molecule has 0 aromatic heterocycles. The molecule has 16 heavy (non-hydrogen) atoms. The molecule has 2 nitrogen and oxygen atoms in total. The smallest absolute Gasteiger partial charge is 0.106 e. The molecule has 2 aliphatic heterocycles. The van der Waals surface area contributed by atoms with Crippen molar-refractivity contribution in [3.63, 3.8) is 0 Å².